The first-order chi connectivity index (χ1) is 8.39. The van der Waals surface area contributed by atoms with Crippen LogP contribution in [0.25, 0.3) is 0 Å². The van der Waals surface area contributed by atoms with Gasteiger partial charge in [0.05, 0.1) is 6.26 Å². The molecule has 6 heteroatoms. The Morgan fingerprint density at radius 3 is 2.72 bits per heavy atom. The van der Waals surface area contributed by atoms with Gasteiger partial charge in [-0.2, -0.15) is 0 Å². The molecule has 0 saturated carbocycles. The second-order valence-corrected chi connectivity index (χ2v) is 7.47. The Balaban J connectivity index is 2.19. The maximum Gasteiger partial charge on any atom is 0.211 e. The van der Waals surface area contributed by atoms with Gasteiger partial charge in [0.1, 0.15) is 0 Å². The fraction of sp³-hybridized carbons (Fsp3) is 1.00. The number of hydrogen-bond acceptors (Lipinski definition) is 4. The number of sulfonamides is 1. The van der Waals surface area contributed by atoms with Crippen molar-refractivity contribution in [1.29, 1.82) is 0 Å². The Hall–Kier alpha value is -0.170. The van der Waals surface area contributed by atoms with Crippen molar-refractivity contribution in [3.63, 3.8) is 0 Å². The molecule has 0 radical (unpaired) electrons. The number of hydrogen-bond donors (Lipinski definition) is 1. The van der Waals surface area contributed by atoms with E-state index in [4.69, 9.17) is 0 Å². The first-order valence-electron chi connectivity index (χ1n) is 6.70. The second-order valence-electron chi connectivity index (χ2n) is 5.49. The minimum absolute atomic E-state index is 0.466. The summed E-state index contributed by atoms with van der Waals surface area (Å²) in [6.07, 6.45) is 4.55. The van der Waals surface area contributed by atoms with Gasteiger partial charge in [-0.1, -0.05) is 0 Å². The molecule has 0 spiro atoms. The van der Waals surface area contributed by atoms with E-state index < -0.39 is 10.0 Å². The van der Waals surface area contributed by atoms with Gasteiger partial charge in [-0.05, 0) is 58.9 Å². The van der Waals surface area contributed by atoms with E-state index in [1.165, 1.54) is 6.26 Å². The van der Waals surface area contributed by atoms with Gasteiger partial charge in [-0.15, -0.1) is 0 Å². The Bertz CT molecular complexity index is 330. The van der Waals surface area contributed by atoms with Gasteiger partial charge in [0, 0.05) is 13.1 Å². The topological polar surface area (TPSA) is 52.6 Å². The monoisotopic (exact) mass is 277 g/mol. The third kappa shape index (κ3) is 6.13. The van der Waals surface area contributed by atoms with Crippen molar-refractivity contribution in [3.05, 3.63) is 0 Å². The van der Waals surface area contributed by atoms with Crippen LogP contribution >= 0.6 is 0 Å². The summed E-state index contributed by atoms with van der Waals surface area (Å²) in [6.45, 7) is 4.40. The average Bonchev–Trinajstić information content (AvgIpc) is 2.27. The van der Waals surface area contributed by atoms with Gasteiger partial charge < -0.3 is 10.2 Å². The molecule has 1 rings (SSSR count). The van der Waals surface area contributed by atoms with Crippen molar-refractivity contribution in [2.75, 3.05) is 53.1 Å². The lowest BCUT2D eigenvalue weighted by atomic mass is 10.00. The molecule has 1 aliphatic rings. The molecule has 0 aromatic carbocycles. The quantitative estimate of drug-likeness (QED) is 0.676. The normalized spacial score (nSPS) is 22.6. The van der Waals surface area contributed by atoms with Crippen LogP contribution in [0.5, 0.6) is 0 Å². The van der Waals surface area contributed by atoms with Crippen molar-refractivity contribution >= 4 is 10.0 Å². The van der Waals surface area contributed by atoms with E-state index >= 15 is 0 Å². The molecule has 1 unspecified atom stereocenters. The summed E-state index contributed by atoms with van der Waals surface area (Å²) < 4.78 is 24.6. The van der Waals surface area contributed by atoms with Crippen LogP contribution in [0.1, 0.15) is 19.3 Å². The molecule has 1 heterocycles. The van der Waals surface area contributed by atoms with Crippen LogP contribution in [0.15, 0.2) is 0 Å². The summed E-state index contributed by atoms with van der Waals surface area (Å²) in [7, 11) is 1.14. The Labute approximate surface area is 112 Å². The van der Waals surface area contributed by atoms with Gasteiger partial charge >= 0.3 is 0 Å². The van der Waals surface area contributed by atoms with Crippen molar-refractivity contribution in [2.45, 2.75) is 19.3 Å². The highest BCUT2D eigenvalue weighted by Crippen LogP contribution is 2.17. The first kappa shape index (κ1) is 15.9. The summed E-state index contributed by atoms with van der Waals surface area (Å²) >= 11 is 0. The summed E-state index contributed by atoms with van der Waals surface area (Å²) in [5.74, 6) is 0.466. The van der Waals surface area contributed by atoms with Gasteiger partial charge in [0.2, 0.25) is 10.0 Å². The van der Waals surface area contributed by atoms with E-state index in [1.807, 2.05) is 0 Å². The summed E-state index contributed by atoms with van der Waals surface area (Å²) in [6, 6.07) is 0. The standard InChI is InChI=1S/C12H27N3O2S/c1-14(2)8-5-7-13-10-12-6-4-9-15(11-12)18(3,16)17/h12-13H,4-11H2,1-3H3. The van der Waals surface area contributed by atoms with Crippen molar-refractivity contribution in [3.8, 4) is 0 Å². The maximum absolute atomic E-state index is 11.5. The lowest BCUT2D eigenvalue weighted by Crippen LogP contribution is -2.42. The molecule has 0 bridgehead atoms. The Morgan fingerprint density at radius 2 is 2.11 bits per heavy atom. The largest absolute Gasteiger partial charge is 0.316 e. The SMILES string of the molecule is CN(C)CCCNCC1CCCN(S(C)(=O)=O)C1. The highest BCUT2D eigenvalue weighted by Gasteiger charge is 2.25. The van der Waals surface area contributed by atoms with Crippen LogP contribution in [0.4, 0.5) is 0 Å². The van der Waals surface area contributed by atoms with Gasteiger partial charge in [0.15, 0.2) is 0 Å². The molecule has 1 fully saturated rings. The third-order valence-electron chi connectivity index (χ3n) is 3.34. The summed E-state index contributed by atoms with van der Waals surface area (Å²) in [4.78, 5) is 2.17. The van der Waals surface area contributed by atoms with Crippen LogP contribution in [-0.4, -0.2) is 70.7 Å². The summed E-state index contributed by atoms with van der Waals surface area (Å²) in [5, 5.41) is 3.43. The zero-order valence-corrected chi connectivity index (χ0v) is 12.7. The van der Waals surface area contributed by atoms with E-state index in [0.29, 0.717) is 19.0 Å². The van der Waals surface area contributed by atoms with Crippen molar-refractivity contribution in [2.24, 2.45) is 5.92 Å². The number of nitrogens with one attached hydrogen (secondary N) is 1. The highest BCUT2D eigenvalue weighted by atomic mass is 32.2. The fourth-order valence-electron chi connectivity index (χ4n) is 2.32. The predicted molar refractivity (Wildman–Crippen MR) is 75.2 cm³/mol. The zero-order chi connectivity index (χ0) is 13.6. The van der Waals surface area contributed by atoms with E-state index in [1.54, 1.807) is 4.31 Å². The maximum atomic E-state index is 11.5. The number of nitrogens with zero attached hydrogens (tertiary/aromatic N) is 2. The van der Waals surface area contributed by atoms with E-state index in [0.717, 1.165) is 38.9 Å². The molecular formula is C12H27N3O2S. The third-order valence-corrected chi connectivity index (χ3v) is 4.61. The van der Waals surface area contributed by atoms with Crippen LogP contribution in [-0.2, 0) is 10.0 Å². The van der Waals surface area contributed by atoms with Gasteiger partial charge in [0.25, 0.3) is 0 Å². The van der Waals surface area contributed by atoms with E-state index in [-0.39, 0.29) is 0 Å². The minimum Gasteiger partial charge on any atom is -0.316 e. The van der Waals surface area contributed by atoms with Crippen LogP contribution in [0.3, 0.4) is 0 Å². The number of rotatable bonds is 7. The molecule has 1 N–H and O–H groups in total. The molecule has 0 aliphatic carbocycles. The number of piperidine rings is 1. The lowest BCUT2D eigenvalue weighted by Gasteiger charge is -2.31. The fourth-order valence-corrected chi connectivity index (χ4v) is 3.26. The first-order valence-corrected chi connectivity index (χ1v) is 8.55. The minimum atomic E-state index is -3.01. The van der Waals surface area contributed by atoms with E-state index in [9.17, 15) is 8.42 Å². The molecule has 0 amide bonds. The van der Waals surface area contributed by atoms with Gasteiger partial charge in [-0.25, -0.2) is 12.7 Å². The molecular weight excluding hydrogens is 250 g/mol. The lowest BCUT2D eigenvalue weighted by molar-refractivity contribution is 0.260. The average molecular weight is 277 g/mol. The van der Waals surface area contributed by atoms with Gasteiger partial charge in [-0.3, -0.25) is 0 Å². The zero-order valence-electron chi connectivity index (χ0n) is 11.9. The predicted octanol–water partition coefficient (Wildman–Crippen LogP) is 0.199. The van der Waals surface area contributed by atoms with Crippen LogP contribution in [0.2, 0.25) is 0 Å². The molecule has 5 nitrogen and oxygen atoms in total. The van der Waals surface area contributed by atoms with Crippen LogP contribution < -0.4 is 5.32 Å². The van der Waals surface area contributed by atoms with Crippen molar-refractivity contribution < 1.29 is 8.42 Å². The molecule has 0 aromatic rings. The van der Waals surface area contributed by atoms with Crippen LogP contribution in [0, 0.1) is 5.92 Å². The second kappa shape index (κ2) is 7.43. The molecule has 0 aromatic heterocycles. The molecule has 108 valence electrons. The Kier molecular flexibility index (Phi) is 6.55. The molecule has 1 atom stereocenters. The molecule has 18 heavy (non-hydrogen) atoms. The summed E-state index contributed by atoms with van der Waals surface area (Å²) in [5.41, 5.74) is 0. The smallest absolute Gasteiger partial charge is 0.211 e. The molecule has 1 saturated heterocycles. The van der Waals surface area contributed by atoms with E-state index in [2.05, 4.69) is 24.3 Å². The van der Waals surface area contributed by atoms with Crippen molar-refractivity contribution in [1.82, 2.24) is 14.5 Å². The Morgan fingerprint density at radius 1 is 1.39 bits per heavy atom. The highest BCUT2D eigenvalue weighted by molar-refractivity contribution is 7.88. The molecule has 1 aliphatic heterocycles.